The third-order valence-corrected chi connectivity index (χ3v) is 3.63. The molecule has 1 aromatic rings. The molecule has 0 bridgehead atoms. The van der Waals surface area contributed by atoms with Gasteiger partial charge in [-0.25, -0.2) is 9.18 Å². The molecule has 0 radical (unpaired) electrons. The summed E-state index contributed by atoms with van der Waals surface area (Å²) in [5, 5.41) is 14.4. The molecule has 1 aliphatic carbocycles. The molecule has 4 nitrogen and oxygen atoms in total. The number of nitrogens with zero attached hydrogens (tertiary/aromatic N) is 1. The SMILES string of the molecule is N#CC(NC(=O)Nc1cccc(F)c1)C1CCCCC1. The number of nitriles is 1. The van der Waals surface area contributed by atoms with Crippen molar-refractivity contribution in [2.75, 3.05) is 5.32 Å². The van der Waals surface area contributed by atoms with Gasteiger partial charge in [0.2, 0.25) is 0 Å². The summed E-state index contributed by atoms with van der Waals surface area (Å²) >= 11 is 0. The smallest absolute Gasteiger partial charge is 0.320 e. The van der Waals surface area contributed by atoms with Crippen LogP contribution in [0.4, 0.5) is 14.9 Å². The summed E-state index contributed by atoms with van der Waals surface area (Å²) in [6, 6.07) is 6.88. The van der Waals surface area contributed by atoms with Gasteiger partial charge in [-0.15, -0.1) is 0 Å². The van der Waals surface area contributed by atoms with Crippen LogP contribution in [-0.4, -0.2) is 12.1 Å². The van der Waals surface area contributed by atoms with E-state index in [-0.39, 0.29) is 5.92 Å². The third kappa shape index (κ3) is 3.95. The molecule has 2 N–H and O–H groups in total. The van der Waals surface area contributed by atoms with Crippen LogP contribution in [0.15, 0.2) is 24.3 Å². The zero-order valence-electron chi connectivity index (χ0n) is 11.2. The summed E-state index contributed by atoms with van der Waals surface area (Å²) in [5.41, 5.74) is 0.378. The lowest BCUT2D eigenvalue weighted by Gasteiger charge is -2.26. The lowest BCUT2D eigenvalue weighted by molar-refractivity contribution is 0.241. The van der Waals surface area contributed by atoms with Gasteiger partial charge < -0.3 is 10.6 Å². The number of hydrogen-bond donors (Lipinski definition) is 2. The number of halogens is 1. The highest BCUT2D eigenvalue weighted by Crippen LogP contribution is 2.26. The van der Waals surface area contributed by atoms with E-state index in [2.05, 4.69) is 16.7 Å². The fourth-order valence-corrected chi connectivity index (χ4v) is 2.60. The molecule has 1 aliphatic rings. The predicted molar refractivity (Wildman–Crippen MR) is 74.5 cm³/mol. The van der Waals surface area contributed by atoms with E-state index in [1.54, 1.807) is 6.07 Å². The minimum absolute atomic E-state index is 0.215. The van der Waals surface area contributed by atoms with E-state index in [1.807, 2.05) is 0 Å². The third-order valence-electron chi connectivity index (χ3n) is 3.63. The number of rotatable bonds is 3. The van der Waals surface area contributed by atoms with E-state index < -0.39 is 17.9 Å². The topological polar surface area (TPSA) is 64.9 Å². The zero-order valence-corrected chi connectivity index (χ0v) is 11.2. The van der Waals surface area contributed by atoms with Crippen LogP contribution in [0, 0.1) is 23.1 Å². The van der Waals surface area contributed by atoms with Crippen LogP contribution in [-0.2, 0) is 0 Å². The van der Waals surface area contributed by atoms with E-state index >= 15 is 0 Å². The van der Waals surface area contributed by atoms with Gasteiger partial charge in [0, 0.05) is 5.69 Å². The van der Waals surface area contributed by atoms with Crippen molar-refractivity contribution in [3.05, 3.63) is 30.1 Å². The van der Waals surface area contributed by atoms with Crippen LogP contribution in [0.25, 0.3) is 0 Å². The van der Waals surface area contributed by atoms with Gasteiger partial charge in [-0.3, -0.25) is 0 Å². The molecule has 5 heteroatoms. The largest absolute Gasteiger partial charge is 0.322 e. The highest BCUT2D eigenvalue weighted by atomic mass is 19.1. The molecule has 0 aromatic heterocycles. The minimum Gasteiger partial charge on any atom is -0.322 e. The summed E-state index contributed by atoms with van der Waals surface area (Å²) in [6.45, 7) is 0. The number of carbonyl (C=O) groups excluding carboxylic acids is 1. The number of urea groups is 1. The lowest BCUT2D eigenvalue weighted by atomic mass is 9.84. The summed E-state index contributed by atoms with van der Waals surface area (Å²) in [4.78, 5) is 11.8. The van der Waals surface area contributed by atoms with Crippen molar-refractivity contribution in [1.82, 2.24) is 5.32 Å². The first kappa shape index (κ1) is 14.3. The second kappa shape index (κ2) is 6.90. The number of benzene rings is 1. The number of carbonyl (C=O) groups is 1. The van der Waals surface area contributed by atoms with Crippen molar-refractivity contribution < 1.29 is 9.18 Å². The molecular formula is C15H18FN3O. The number of hydrogen-bond acceptors (Lipinski definition) is 2. The normalized spacial score (nSPS) is 17.0. The molecule has 20 heavy (non-hydrogen) atoms. The molecule has 1 fully saturated rings. The van der Waals surface area contributed by atoms with Crippen molar-refractivity contribution in [2.45, 2.75) is 38.1 Å². The van der Waals surface area contributed by atoms with Crippen LogP contribution in [0.5, 0.6) is 0 Å². The highest BCUT2D eigenvalue weighted by Gasteiger charge is 2.24. The monoisotopic (exact) mass is 275 g/mol. The van der Waals surface area contributed by atoms with Crippen molar-refractivity contribution in [1.29, 1.82) is 5.26 Å². The van der Waals surface area contributed by atoms with Crippen LogP contribution >= 0.6 is 0 Å². The van der Waals surface area contributed by atoms with Crippen molar-refractivity contribution in [3.63, 3.8) is 0 Å². The van der Waals surface area contributed by atoms with Gasteiger partial charge in [0.25, 0.3) is 0 Å². The maximum absolute atomic E-state index is 13.0. The van der Waals surface area contributed by atoms with Crippen LogP contribution in [0.1, 0.15) is 32.1 Å². The highest BCUT2D eigenvalue weighted by molar-refractivity contribution is 5.89. The summed E-state index contributed by atoms with van der Waals surface area (Å²) in [5.74, 6) is -0.195. The van der Waals surface area contributed by atoms with Crippen LogP contribution in [0.2, 0.25) is 0 Å². The average Bonchev–Trinajstić information content (AvgIpc) is 2.45. The molecule has 1 saturated carbocycles. The maximum atomic E-state index is 13.0. The van der Waals surface area contributed by atoms with Gasteiger partial charge in [0.05, 0.1) is 6.07 Å². The maximum Gasteiger partial charge on any atom is 0.320 e. The molecule has 0 spiro atoms. The average molecular weight is 275 g/mol. The fraction of sp³-hybridized carbons (Fsp3) is 0.467. The van der Waals surface area contributed by atoms with E-state index in [4.69, 9.17) is 0 Å². The molecule has 2 rings (SSSR count). The molecule has 0 aliphatic heterocycles. The Labute approximate surface area is 118 Å². The molecule has 0 heterocycles. The zero-order chi connectivity index (χ0) is 14.4. The standard InChI is InChI=1S/C15H18FN3O/c16-12-7-4-8-13(9-12)18-15(20)19-14(10-17)11-5-2-1-3-6-11/h4,7-9,11,14H,1-3,5-6H2,(H2,18,19,20). The minimum atomic E-state index is -0.483. The van der Waals surface area contributed by atoms with Gasteiger partial charge >= 0.3 is 6.03 Å². The Hall–Kier alpha value is -2.09. The first-order valence-electron chi connectivity index (χ1n) is 6.92. The quantitative estimate of drug-likeness (QED) is 0.887. The van der Waals surface area contributed by atoms with Crippen molar-refractivity contribution in [3.8, 4) is 6.07 Å². The Morgan fingerprint density at radius 3 is 2.75 bits per heavy atom. The Morgan fingerprint density at radius 2 is 2.10 bits per heavy atom. The van der Waals surface area contributed by atoms with Gasteiger partial charge in [-0.2, -0.15) is 5.26 Å². The van der Waals surface area contributed by atoms with E-state index in [0.717, 1.165) is 25.7 Å². The summed E-state index contributed by atoms with van der Waals surface area (Å²) in [6.07, 6.45) is 5.35. The van der Waals surface area contributed by atoms with Gasteiger partial charge in [0.1, 0.15) is 11.9 Å². The summed E-state index contributed by atoms with van der Waals surface area (Å²) < 4.78 is 13.0. The molecule has 1 aromatic carbocycles. The first-order valence-corrected chi connectivity index (χ1v) is 6.92. The predicted octanol–water partition coefficient (Wildman–Crippen LogP) is 3.42. The first-order chi connectivity index (χ1) is 9.69. The molecule has 2 amide bonds. The number of amides is 2. The van der Waals surface area contributed by atoms with Crippen molar-refractivity contribution >= 4 is 11.7 Å². The number of anilines is 1. The second-order valence-corrected chi connectivity index (χ2v) is 5.11. The Morgan fingerprint density at radius 1 is 1.35 bits per heavy atom. The van der Waals surface area contributed by atoms with E-state index in [1.165, 1.54) is 24.6 Å². The Balaban J connectivity index is 1.90. The number of nitrogens with one attached hydrogen (secondary N) is 2. The van der Waals surface area contributed by atoms with E-state index in [0.29, 0.717) is 5.69 Å². The molecule has 0 saturated heterocycles. The van der Waals surface area contributed by atoms with E-state index in [9.17, 15) is 14.4 Å². The van der Waals surface area contributed by atoms with Crippen LogP contribution in [0.3, 0.4) is 0 Å². The van der Waals surface area contributed by atoms with Gasteiger partial charge in [-0.1, -0.05) is 25.3 Å². The van der Waals surface area contributed by atoms with Crippen molar-refractivity contribution in [2.24, 2.45) is 5.92 Å². The van der Waals surface area contributed by atoms with Gasteiger partial charge in [0.15, 0.2) is 0 Å². The van der Waals surface area contributed by atoms with Gasteiger partial charge in [-0.05, 0) is 37.0 Å². The fourth-order valence-electron chi connectivity index (χ4n) is 2.60. The Kier molecular flexibility index (Phi) is 4.94. The Bertz CT molecular complexity index is 506. The molecule has 1 atom stereocenters. The molecular weight excluding hydrogens is 257 g/mol. The lowest BCUT2D eigenvalue weighted by Crippen LogP contribution is -2.42. The van der Waals surface area contributed by atoms with Crippen LogP contribution < -0.4 is 10.6 Å². The summed E-state index contributed by atoms with van der Waals surface area (Å²) in [7, 11) is 0. The molecule has 1 unspecified atom stereocenters. The molecule has 106 valence electrons. The second-order valence-electron chi connectivity index (χ2n) is 5.11.